The molecule has 1 rings (SSSR count). The van der Waals surface area contributed by atoms with Gasteiger partial charge in [-0.1, -0.05) is 18.3 Å². The molecule has 0 bridgehead atoms. The van der Waals surface area contributed by atoms with Gasteiger partial charge in [-0.05, 0) is 47.7 Å². The second-order valence-corrected chi connectivity index (χ2v) is 4.68. The minimum atomic E-state index is 0.0770. The summed E-state index contributed by atoms with van der Waals surface area (Å²) in [4.78, 5) is 11.4. The lowest BCUT2D eigenvalue weighted by Crippen LogP contribution is -2.12. The largest absolute Gasteiger partial charge is 0.350 e. The molecule has 4 heteroatoms. The summed E-state index contributed by atoms with van der Waals surface area (Å²) in [6, 6.07) is 7.85. The van der Waals surface area contributed by atoms with Gasteiger partial charge >= 0.3 is 0 Å². The molecule has 0 aromatic heterocycles. The van der Waals surface area contributed by atoms with Crippen molar-refractivity contribution in [3.63, 3.8) is 0 Å². The Hall–Kier alpha value is -0.490. The third kappa shape index (κ3) is 4.15. The number of rotatable bonds is 3. The van der Waals surface area contributed by atoms with E-state index in [9.17, 15) is 4.79 Å². The van der Waals surface area contributed by atoms with Crippen LogP contribution >= 0.6 is 34.8 Å². The molecule has 1 aromatic carbocycles. The Kier molecular flexibility index (Phi) is 4.47. The lowest BCUT2D eigenvalue weighted by Gasteiger charge is -2.06. The van der Waals surface area contributed by atoms with E-state index in [4.69, 9.17) is 12.2 Å². The van der Waals surface area contributed by atoms with Crippen LogP contribution in [-0.4, -0.2) is 10.8 Å². The highest BCUT2D eigenvalue weighted by Gasteiger charge is 2.01. The lowest BCUT2D eigenvalue weighted by molar-refractivity contribution is -0.115. The fourth-order valence-electron chi connectivity index (χ4n) is 0.998. The topological polar surface area (TPSA) is 29.1 Å². The van der Waals surface area contributed by atoms with E-state index < -0.39 is 0 Å². The van der Waals surface area contributed by atoms with Crippen LogP contribution in [0.5, 0.6) is 0 Å². The van der Waals surface area contributed by atoms with Crippen molar-refractivity contribution in [2.75, 3.05) is 5.32 Å². The monoisotopic (exact) mass is 319 g/mol. The Balaban J connectivity index is 2.60. The number of halogens is 1. The maximum absolute atomic E-state index is 10.8. The van der Waals surface area contributed by atoms with Crippen molar-refractivity contribution in [3.05, 3.63) is 27.8 Å². The summed E-state index contributed by atoms with van der Waals surface area (Å²) in [5.41, 5.74) is 0.933. The van der Waals surface area contributed by atoms with Gasteiger partial charge in [0, 0.05) is 9.26 Å². The van der Waals surface area contributed by atoms with Gasteiger partial charge in [0.1, 0.15) is 5.78 Å². The Bertz CT molecular complexity index is 365. The smallest absolute Gasteiger partial charge is 0.136 e. The van der Waals surface area contributed by atoms with Crippen molar-refractivity contribution in [2.24, 2.45) is 0 Å². The number of thiocarbonyl (C=S) groups is 1. The van der Waals surface area contributed by atoms with Gasteiger partial charge in [0.25, 0.3) is 0 Å². The van der Waals surface area contributed by atoms with Gasteiger partial charge in [0.15, 0.2) is 0 Å². The van der Waals surface area contributed by atoms with Crippen molar-refractivity contribution in [3.8, 4) is 0 Å². The fraction of sp³-hybridized carbons (Fsp3) is 0.200. The summed E-state index contributed by atoms with van der Waals surface area (Å²) < 4.78 is 1.14. The quantitative estimate of drug-likeness (QED) is 0.686. The number of anilines is 1. The van der Waals surface area contributed by atoms with Crippen molar-refractivity contribution in [2.45, 2.75) is 13.3 Å². The van der Waals surface area contributed by atoms with E-state index in [-0.39, 0.29) is 5.78 Å². The maximum atomic E-state index is 10.8. The Morgan fingerprint density at radius 3 is 2.86 bits per heavy atom. The summed E-state index contributed by atoms with van der Waals surface area (Å²) >= 11 is 7.25. The van der Waals surface area contributed by atoms with E-state index in [0.717, 1.165) is 9.26 Å². The van der Waals surface area contributed by atoms with Crippen LogP contribution in [0.1, 0.15) is 13.3 Å². The van der Waals surface area contributed by atoms with Crippen LogP contribution in [0.25, 0.3) is 0 Å². The molecule has 0 radical (unpaired) electrons. The third-order valence-corrected chi connectivity index (χ3v) is 2.44. The molecule has 2 nitrogen and oxygen atoms in total. The van der Waals surface area contributed by atoms with Crippen LogP contribution in [0.3, 0.4) is 0 Å². The second-order valence-electron chi connectivity index (χ2n) is 2.94. The third-order valence-electron chi connectivity index (χ3n) is 1.52. The molecule has 0 aliphatic heterocycles. The molecule has 0 unspecified atom stereocenters. The van der Waals surface area contributed by atoms with Crippen molar-refractivity contribution in [1.29, 1.82) is 0 Å². The first-order valence-corrected chi connectivity index (χ1v) is 5.61. The van der Waals surface area contributed by atoms with Gasteiger partial charge in [0.2, 0.25) is 0 Å². The Morgan fingerprint density at radius 2 is 2.29 bits per heavy atom. The molecule has 1 aromatic rings. The lowest BCUT2D eigenvalue weighted by atomic mass is 10.3. The molecule has 0 heterocycles. The normalized spacial score (nSPS) is 9.57. The number of carbonyl (C=O) groups excluding carboxylic acids is 1. The SMILES string of the molecule is CC(=O)CC(=S)Nc1cccc(I)c1. The Morgan fingerprint density at radius 1 is 1.57 bits per heavy atom. The molecule has 0 saturated carbocycles. The molecule has 0 amide bonds. The highest BCUT2D eigenvalue weighted by molar-refractivity contribution is 14.1. The summed E-state index contributed by atoms with van der Waals surface area (Å²) in [5, 5.41) is 3.02. The number of hydrogen-bond donors (Lipinski definition) is 1. The van der Waals surface area contributed by atoms with Gasteiger partial charge in [0.05, 0.1) is 11.4 Å². The summed E-state index contributed by atoms with van der Waals surface area (Å²) in [7, 11) is 0. The first kappa shape index (κ1) is 11.6. The predicted molar refractivity (Wildman–Crippen MR) is 70.7 cm³/mol. The van der Waals surface area contributed by atoms with Crippen molar-refractivity contribution in [1.82, 2.24) is 0 Å². The van der Waals surface area contributed by atoms with Gasteiger partial charge in [-0.15, -0.1) is 0 Å². The number of benzene rings is 1. The molecule has 0 aliphatic carbocycles. The number of hydrogen-bond acceptors (Lipinski definition) is 2. The number of ketones is 1. The number of nitrogens with one attached hydrogen (secondary N) is 1. The molecule has 0 saturated heterocycles. The number of carbonyl (C=O) groups is 1. The van der Waals surface area contributed by atoms with Crippen LogP contribution in [-0.2, 0) is 4.79 Å². The summed E-state index contributed by atoms with van der Waals surface area (Å²) in [5.74, 6) is 0.0770. The van der Waals surface area contributed by atoms with Gasteiger partial charge in [-0.2, -0.15) is 0 Å². The standard InChI is InChI=1S/C10H10INOS/c1-7(13)5-10(14)12-9-4-2-3-8(11)6-9/h2-4,6H,5H2,1H3,(H,12,14). The average molecular weight is 319 g/mol. The molecule has 0 aliphatic rings. The average Bonchev–Trinajstić information content (AvgIpc) is 2.01. The van der Waals surface area contributed by atoms with E-state index >= 15 is 0 Å². The maximum Gasteiger partial charge on any atom is 0.136 e. The Labute approximate surface area is 102 Å². The van der Waals surface area contributed by atoms with Crippen LogP contribution < -0.4 is 5.32 Å². The molecule has 14 heavy (non-hydrogen) atoms. The first-order chi connectivity index (χ1) is 6.58. The minimum Gasteiger partial charge on any atom is -0.350 e. The molecule has 1 N–H and O–H groups in total. The highest BCUT2D eigenvalue weighted by Crippen LogP contribution is 2.12. The van der Waals surface area contributed by atoms with Crippen LogP contribution in [0, 0.1) is 3.57 Å². The van der Waals surface area contributed by atoms with Crippen molar-refractivity contribution >= 4 is 51.3 Å². The summed E-state index contributed by atoms with van der Waals surface area (Å²) in [6.07, 6.45) is 0.306. The molecular formula is C10H10INOS. The van der Waals surface area contributed by atoms with E-state index in [1.165, 1.54) is 6.92 Å². The van der Waals surface area contributed by atoms with Gasteiger partial charge in [-0.25, -0.2) is 0 Å². The molecule has 0 fully saturated rings. The zero-order valence-electron chi connectivity index (χ0n) is 7.71. The fourth-order valence-corrected chi connectivity index (χ4v) is 1.86. The molecular weight excluding hydrogens is 309 g/mol. The van der Waals surface area contributed by atoms with Gasteiger partial charge in [-0.3, -0.25) is 4.79 Å². The molecule has 0 atom stereocenters. The minimum absolute atomic E-state index is 0.0770. The molecule has 0 spiro atoms. The zero-order valence-corrected chi connectivity index (χ0v) is 10.7. The van der Waals surface area contributed by atoms with Crippen LogP contribution in [0.4, 0.5) is 5.69 Å². The van der Waals surface area contributed by atoms with E-state index in [0.29, 0.717) is 11.4 Å². The van der Waals surface area contributed by atoms with E-state index in [2.05, 4.69) is 27.9 Å². The van der Waals surface area contributed by atoms with Crippen LogP contribution in [0.2, 0.25) is 0 Å². The predicted octanol–water partition coefficient (Wildman–Crippen LogP) is 3.01. The van der Waals surface area contributed by atoms with E-state index in [1.54, 1.807) is 0 Å². The summed E-state index contributed by atoms with van der Waals surface area (Å²) in [6.45, 7) is 1.53. The van der Waals surface area contributed by atoms with Gasteiger partial charge < -0.3 is 5.32 Å². The first-order valence-electron chi connectivity index (χ1n) is 4.13. The number of Topliss-reactive ketones (excluding diaryl/α,β-unsaturated/α-hetero) is 1. The highest BCUT2D eigenvalue weighted by atomic mass is 127. The van der Waals surface area contributed by atoms with E-state index in [1.807, 2.05) is 24.3 Å². The van der Waals surface area contributed by atoms with Crippen LogP contribution in [0.15, 0.2) is 24.3 Å². The zero-order chi connectivity index (χ0) is 10.6. The van der Waals surface area contributed by atoms with Crippen molar-refractivity contribution < 1.29 is 4.79 Å². The molecule has 74 valence electrons. The second kappa shape index (κ2) is 5.41.